The van der Waals surface area contributed by atoms with Gasteiger partial charge in [0, 0.05) is 18.3 Å². The van der Waals surface area contributed by atoms with E-state index in [2.05, 4.69) is 5.10 Å². The van der Waals surface area contributed by atoms with Crippen molar-refractivity contribution in [1.29, 1.82) is 0 Å². The maximum absolute atomic E-state index is 12.1. The summed E-state index contributed by atoms with van der Waals surface area (Å²) in [5, 5.41) is 14.3. The number of nitrogens with zero attached hydrogens (tertiary/aromatic N) is 3. The average molecular weight is 351 g/mol. The molecule has 8 heteroatoms. The van der Waals surface area contributed by atoms with Gasteiger partial charge in [-0.2, -0.15) is 5.10 Å². The summed E-state index contributed by atoms with van der Waals surface area (Å²) in [4.78, 5) is 25.0. The van der Waals surface area contributed by atoms with Gasteiger partial charge in [0.25, 0.3) is 0 Å². The molecule has 1 aliphatic rings. The summed E-state index contributed by atoms with van der Waals surface area (Å²) in [6.45, 7) is 7.98. The average Bonchev–Trinajstić information content (AvgIpc) is 3.05. The van der Waals surface area contributed by atoms with E-state index in [1.807, 2.05) is 0 Å². The van der Waals surface area contributed by atoms with Crippen LogP contribution in [0.5, 0.6) is 0 Å². The first kappa shape index (κ1) is 19.0. The van der Waals surface area contributed by atoms with Crippen molar-refractivity contribution >= 4 is 18.1 Å². The highest BCUT2D eigenvalue weighted by Crippen LogP contribution is 2.21. The molecule has 1 aliphatic heterocycles. The van der Waals surface area contributed by atoms with E-state index in [4.69, 9.17) is 9.47 Å². The SMILES string of the molecule is CCOC(=O)Cn1cc(/C=C2\CN(C(=O)OC(C)(C)C)CC2O)cn1. The number of esters is 1. The Morgan fingerprint density at radius 3 is 2.80 bits per heavy atom. The molecule has 0 radical (unpaired) electrons. The Balaban J connectivity index is 2.00. The van der Waals surface area contributed by atoms with E-state index in [1.54, 1.807) is 46.2 Å². The zero-order valence-corrected chi connectivity index (χ0v) is 15.1. The quantitative estimate of drug-likeness (QED) is 0.825. The summed E-state index contributed by atoms with van der Waals surface area (Å²) in [6, 6.07) is 0. The third-order valence-electron chi connectivity index (χ3n) is 3.45. The molecule has 0 spiro atoms. The van der Waals surface area contributed by atoms with Crippen molar-refractivity contribution in [3.63, 3.8) is 0 Å². The normalized spacial score (nSPS) is 19.3. The van der Waals surface area contributed by atoms with Crippen LogP contribution in [0, 0.1) is 0 Å². The van der Waals surface area contributed by atoms with Crippen LogP contribution in [0.3, 0.4) is 0 Å². The van der Waals surface area contributed by atoms with Gasteiger partial charge in [-0.3, -0.25) is 9.48 Å². The minimum atomic E-state index is -0.749. The van der Waals surface area contributed by atoms with Gasteiger partial charge >= 0.3 is 12.1 Å². The number of hydrogen-bond acceptors (Lipinski definition) is 6. The molecular formula is C17H25N3O5. The fourth-order valence-electron chi connectivity index (χ4n) is 2.42. The monoisotopic (exact) mass is 351 g/mol. The van der Waals surface area contributed by atoms with Gasteiger partial charge < -0.3 is 19.5 Å². The Morgan fingerprint density at radius 1 is 1.44 bits per heavy atom. The molecule has 1 saturated heterocycles. The van der Waals surface area contributed by atoms with E-state index in [-0.39, 0.29) is 19.1 Å². The van der Waals surface area contributed by atoms with Gasteiger partial charge in [-0.1, -0.05) is 0 Å². The summed E-state index contributed by atoms with van der Waals surface area (Å²) in [5.74, 6) is -0.359. The molecule has 1 N–H and O–H groups in total. The molecule has 0 aromatic carbocycles. The lowest BCUT2D eigenvalue weighted by molar-refractivity contribution is -0.144. The topological polar surface area (TPSA) is 93.9 Å². The molecule has 1 amide bonds. The van der Waals surface area contributed by atoms with Gasteiger partial charge in [0.05, 0.1) is 25.5 Å². The third-order valence-corrected chi connectivity index (χ3v) is 3.45. The molecule has 1 fully saturated rings. The number of ether oxygens (including phenoxy) is 2. The molecular weight excluding hydrogens is 326 g/mol. The summed E-state index contributed by atoms with van der Waals surface area (Å²) in [7, 11) is 0. The van der Waals surface area contributed by atoms with Crippen LogP contribution < -0.4 is 0 Å². The first-order valence-electron chi connectivity index (χ1n) is 8.22. The number of carbonyl (C=O) groups excluding carboxylic acids is 2. The molecule has 1 unspecified atom stereocenters. The Labute approximate surface area is 147 Å². The molecule has 0 bridgehead atoms. The minimum absolute atomic E-state index is 0.0313. The van der Waals surface area contributed by atoms with Crippen LogP contribution in [-0.4, -0.2) is 63.3 Å². The standard InChI is InChI=1S/C17H25N3O5/c1-5-24-15(22)11-20-8-12(7-18-20)6-13-9-19(10-14(13)21)16(23)25-17(2,3)4/h6-8,14,21H,5,9-11H2,1-4H3/b13-6+. The van der Waals surface area contributed by atoms with Crippen molar-refractivity contribution < 1.29 is 24.2 Å². The van der Waals surface area contributed by atoms with E-state index >= 15 is 0 Å². The predicted molar refractivity (Wildman–Crippen MR) is 90.7 cm³/mol. The lowest BCUT2D eigenvalue weighted by Gasteiger charge is -2.23. The molecule has 0 saturated carbocycles. The Hall–Kier alpha value is -2.35. The Kier molecular flexibility index (Phi) is 5.84. The molecule has 1 aromatic rings. The van der Waals surface area contributed by atoms with Crippen LogP contribution in [-0.2, 0) is 20.8 Å². The predicted octanol–water partition coefficient (Wildman–Crippen LogP) is 1.44. The fourth-order valence-corrected chi connectivity index (χ4v) is 2.42. The van der Waals surface area contributed by atoms with E-state index in [0.29, 0.717) is 18.7 Å². The minimum Gasteiger partial charge on any atom is -0.465 e. The van der Waals surface area contributed by atoms with Crippen LogP contribution in [0.4, 0.5) is 4.79 Å². The van der Waals surface area contributed by atoms with E-state index in [1.165, 1.54) is 9.58 Å². The van der Waals surface area contributed by atoms with Crippen molar-refractivity contribution in [2.24, 2.45) is 0 Å². The number of carbonyl (C=O) groups is 2. The van der Waals surface area contributed by atoms with Crippen LogP contribution in [0.2, 0.25) is 0 Å². The maximum atomic E-state index is 12.1. The van der Waals surface area contributed by atoms with Crippen LogP contribution in [0.25, 0.3) is 6.08 Å². The highest BCUT2D eigenvalue weighted by Gasteiger charge is 2.32. The van der Waals surface area contributed by atoms with Gasteiger partial charge in [0.15, 0.2) is 0 Å². The molecule has 0 aliphatic carbocycles. The smallest absolute Gasteiger partial charge is 0.410 e. The zero-order valence-electron chi connectivity index (χ0n) is 15.1. The van der Waals surface area contributed by atoms with Crippen molar-refractivity contribution in [3.05, 3.63) is 23.5 Å². The van der Waals surface area contributed by atoms with Crippen LogP contribution in [0.15, 0.2) is 18.0 Å². The summed E-state index contributed by atoms with van der Waals surface area (Å²) < 4.78 is 11.7. The number of aliphatic hydroxyl groups is 1. The van der Waals surface area contributed by atoms with Gasteiger partial charge in [-0.15, -0.1) is 0 Å². The molecule has 2 heterocycles. The van der Waals surface area contributed by atoms with E-state index < -0.39 is 17.8 Å². The Morgan fingerprint density at radius 2 is 2.16 bits per heavy atom. The number of β-amino-alcohol motifs (C(OH)–C–C–N with tert-alkyl or cyclic N) is 1. The highest BCUT2D eigenvalue weighted by molar-refractivity contribution is 5.71. The number of hydrogen-bond donors (Lipinski definition) is 1. The summed E-state index contributed by atoms with van der Waals surface area (Å²) in [6.07, 6.45) is 3.85. The van der Waals surface area contributed by atoms with Gasteiger partial charge in [-0.25, -0.2) is 4.79 Å². The lowest BCUT2D eigenvalue weighted by atomic mass is 10.1. The Bertz CT molecular complexity index is 659. The van der Waals surface area contributed by atoms with Crippen molar-refractivity contribution in [2.45, 2.75) is 45.9 Å². The number of rotatable bonds is 4. The first-order chi connectivity index (χ1) is 11.7. The number of amides is 1. The van der Waals surface area contributed by atoms with Gasteiger partial charge in [0.2, 0.25) is 0 Å². The lowest BCUT2D eigenvalue weighted by Crippen LogP contribution is -2.35. The first-order valence-corrected chi connectivity index (χ1v) is 8.22. The maximum Gasteiger partial charge on any atom is 0.410 e. The fraction of sp³-hybridized carbons (Fsp3) is 0.588. The molecule has 1 atom stereocenters. The summed E-state index contributed by atoms with van der Waals surface area (Å²) >= 11 is 0. The molecule has 1 aromatic heterocycles. The second-order valence-corrected chi connectivity index (χ2v) is 6.87. The highest BCUT2D eigenvalue weighted by atomic mass is 16.6. The molecule has 8 nitrogen and oxygen atoms in total. The molecule has 25 heavy (non-hydrogen) atoms. The van der Waals surface area contributed by atoms with Crippen molar-refractivity contribution in [2.75, 3.05) is 19.7 Å². The third kappa shape index (κ3) is 5.60. The van der Waals surface area contributed by atoms with Gasteiger partial charge in [-0.05, 0) is 39.3 Å². The second kappa shape index (κ2) is 7.69. The largest absolute Gasteiger partial charge is 0.465 e. The van der Waals surface area contributed by atoms with Crippen molar-refractivity contribution in [1.82, 2.24) is 14.7 Å². The van der Waals surface area contributed by atoms with Crippen molar-refractivity contribution in [3.8, 4) is 0 Å². The molecule has 2 rings (SSSR count). The number of likely N-dealkylation sites (tertiary alicyclic amines) is 1. The second-order valence-electron chi connectivity index (χ2n) is 6.87. The molecule has 138 valence electrons. The van der Waals surface area contributed by atoms with E-state index in [9.17, 15) is 14.7 Å². The van der Waals surface area contributed by atoms with E-state index in [0.717, 1.165) is 5.56 Å². The number of aromatic nitrogens is 2. The van der Waals surface area contributed by atoms with Gasteiger partial charge in [0.1, 0.15) is 12.1 Å². The van der Waals surface area contributed by atoms with Crippen LogP contribution in [0.1, 0.15) is 33.3 Å². The number of aliphatic hydroxyl groups excluding tert-OH is 1. The zero-order chi connectivity index (χ0) is 18.6. The van der Waals surface area contributed by atoms with Crippen LogP contribution >= 0.6 is 0 Å². The summed E-state index contributed by atoms with van der Waals surface area (Å²) in [5.41, 5.74) is 0.855.